The van der Waals surface area contributed by atoms with Crippen LogP contribution in [0.5, 0.6) is 0 Å². The first kappa shape index (κ1) is 25.1. The summed E-state index contributed by atoms with van der Waals surface area (Å²) in [5, 5.41) is 11.9. The number of carbonyl (C=O) groups is 1. The molecule has 180 valence electrons. The molecule has 10 heteroatoms. The Morgan fingerprint density at radius 1 is 1.00 bits per heavy atom. The number of hydrogen-bond donors (Lipinski definition) is 2. The molecular formula is C24H23F3N2O4S. The molecule has 3 aromatic rings. The summed E-state index contributed by atoms with van der Waals surface area (Å²) in [7, 11) is -4.08. The van der Waals surface area contributed by atoms with E-state index in [2.05, 4.69) is 5.32 Å². The van der Waals surface area contributed by atoms with E-state index in [4.69, 9.17) is 5.11 Å². The highest BCUT2D eigenvalue weighted by molar-refractivity contribution is 7.92. The molecule has 0 aliphatic carbocycles. The smallest absolute Gasteiger partial charge is 0.416 e. The van der Waals surface area contributed by atoms with Crippen molar-refractivity contribution >= 4 is 27.4 Å². The fraction of sp³-hybridized carbons (Fsp3) is 0.208. The van der Waals surface area contributed by atoms with E-state index in [0.29, 0.717) is 5.56 Å². The minimum atomic E-state index is -4.63. The lowest BCUT2D eigenvalue weighted by Crippen LogP contribution is -2.37. The Balaban J connectivity index is 2.05. The number of benzene rings is 3. The van der Waals surface area contributed by atoms with Crippen LogP contribution in [0.2, 0.25) is 0 Å². The van der Waals surface area contributed by atoms with Crippen LogP contribution in [-0.2, 0) is 22.7 Å². The van der Waals surface area contributed by atoms with E-state index < -0.39 is 33.8 Å². The summed E-state index contributed by atoms with van der Waals surface area (Å²) in [6.45, 7) is 3.31. The number of aromatic carboxylic acids is 1. The number of carboxylic acid groups (broad SMARTS) is 1. The second-order valence-electron chi connectivity index (χ2n) is 7.79. The van der Waals surface area contributed by atoms with Crippen LogP contribution in [0.3, 0.4) is 0 Å². The molecule has 0 aliphatic heterocycles. The minimum absolute atomic E-state index is 0.0128. The SMILES string of the molecule is CC(C)N(c1ccc(C(F)(F)F)cc1NCc1ccc(C(=O)O)cc1)S(=O)(=O)c1ccccc1. The Hall–Kier alpha value is -3.53. The van der Waals surface area contributed by atoms with E-state index in [1.165, 1.54) is 36.4 Å². The van der Waals surface area contributed by atoms with Crippen LogP contribution in [-0.4, -0.2) is 25.5 Å². The summed E-state index contributed by atoms with van der Waals surface area (Å²) >= 11 is 0. The van der Waals surface area contributed by atoms with Crippen LogP contribution in [0.15, 0.2) is 77.7 Å². The predicted octanol–water partition coefficient (Wildman–Crippen LogP) is 5.62. The van der Waals surface area contributed by atoms with Gasteiger partial charge in [0.2, 0.25) is 0 Å². The lowest BCUT2D eigenvalue weighted by molar-refractivity contribution is -0.137. The predicted molar refractivity (Wildman–Crippen MR) is 123 cm³/mol. The molecular weight excluding hydrogens is 469 g/mol. The Morgan fingerprint density at radius 2 is 1.62 bits per heavy atom. The van der Waals surface area contributed by atoms with E-state index in [9.17, 15) is 26.4 Å². The van der Waals surface area contributed by atoms with Crippen molar-refractivity contribution in [2.24, 2.45) is 0 Å². The largest absolute Gasteiger partial charge is 0.478 e. The summed E-state index contributed by atoms with van der Waals surface area (Å²) in [6, 6.07) is 15.7. The van der Waals surface area contributed by atoms with Gasteiger partial charge in [-0.2, -0.15) is 13.2 Å². The molecule has 0 spiro atoms. The molecule has 0 heterocycles. The quantitative estimate of drug-likeness (QED) is 0.426. The van der Waals surface area contributed by atoms with Crippen molar-refractivity contribution in [2.75, 3.05) is 9.62 Å². The first-order chi connectivity index (χ1) is 15.9. The number of hydrogen-bond acceptors (Lipinski definition) is 4. The zero-order valence-corrected chi connectivity index (χ0v) is 19.2. The molecule has 0 bridgehead atoms. The van der Waals surface area contributed by atoms with E-state index in [-0.39, 0.29) is 28.4 Å². The maximum Gasteiger partial charge on any atom is 0.416 e. The van der Waals surface area contributed by atoms with Gasteiger partial charge in [0.1, 0.15) is 0 Å². The van der Waals surface area contributed by atoms with E-state index >= 15 is 0 Å². The molecule has 0 radical (unpaired) electrons. The van der Waals surface area contributed by atoms with Gasteiger partial charge in [-0.25, -0.2) is 13.2 Å². The summed E-state index contributed by atoms with van der Waals surface area (Å²) < 4.78 is 68.2. The van der Waals surface area contributed by atoms with Crippen LogP contribution >= 0.6 is 0 Å². The minimum Gasteiger partial charge on any atom is -0.478 e. The standard InChI is InChI=1S/C24H23F3N2O4S/c1-16(2)29(34(32,33)20-6-4-3-5-7-20)22-13-12-19(24(25,26)27)14-21(22)28-15-17-8-10-18(11-9-17)23(30)31/h3-14,16,28H,15H2,1-2H3,(H,30,31). The molecule has 3 aromatic carbocycles. The van der Waals surface area contributed by atoms with Crippen LogP contribution < -0.4 is 9.62 Å². The highest BCUT2D eigenvalue weighted by Crippen LogP contribution is 2.38. The van der Waals surface area contributed by atoms with Crippen molar-refractivity contribution in [1.29, 1.82) is 0 Å². The molecule has 2 N–H and O–H groups in total. The van der Waals surface area contributed by atoms with Gasteiger partial charge < -0.3 is 10.4 Å². The zero-order valence-electron chi connectivity index (χ0n) is 18.4. The monoisotopic (exact) mass is 492 g/mol. The lowest BCUT2D eigenvalue weighted by Gasteiger charge is -2.30. The molecule has 0 aliphatic rings. The maximum atomic E-state index is 13.4. The van der Waals surface area contributed by atoms with E-state index in [1.54, 1.807) is 32.0 Å². The Bertz CT molecular complexity index is 1260. The normalized spacial score (nSPS) is 11.9. The first-order valence-electron chi connectivity index (χ1n) is 10.3. The van der Waals surface area contributed by atoms with Crippen molar-refractivity contribution in [3.05, 3.63) is 89.5 Å². The van der Waals surface area contributed by atoms with Gasteiger partial charge in [-0.3, -0.25) is 4.31 Å². The fourth-order valence-corrected chi connectivity index (χ4v) is 5.10. The van der Waals surface area contributed by atoms with Crippen molar-refractivity contribution in [1.82, 2.24) is 0 Å². The number of rotatable bonds is 8. The number of nitrogens with zero attached hydrogens (tertiary/aromatic N) is 1. The molecule has 0 atom stereocenters. The number of sulfonamides is 1. The van der Waals surface area contributed by atoms with Gasteiger partial charge in [0.25, 0.3) is 10.0 Å². The molecule has 0 fully saturated rings. The second kappa shape index (κ2) is 9.76. The van der Waals surface area contributed by atoms with Crippen LogP contribution in [0.1, 0.15) is 35.3 Å². The van der Waals surface area contributed by atoms with Crippen LogP contribution in [0.4, 0.5) is 24.5 Å². The van der Waals surface area contributed by atoms with Crippen molar-refractivity contribution < 1.29 is 31.5 Å². The summed E-state index contributed by atoms with van der Waals surface area (Å²) in [5.41, 5.74) is -0.209. The summed E-state index contributed by atoms with van der Waals surface area (Å²) in [6.07, 6.45) is -4.63. The average Bonchev–Trinajstić information content (AvgIpc) is 2.78. The number of anilines is 2. The molecule has 0 aromatic heterocycles. The summed E-state index contributed by atoms with van der Waals surface area (Å²) in [4.78, 5) is 11.0. The van der Waals surface area contributed by atoms with Gasteiger partial charge in [-0.05, 0) is 61.9 Å². The Morgan fingerprint density at radius 3 is 2.15 bits per heavy atom. The Labute approximate surface area is 195 Å². The van der Waals surface area contributed by atoms with Gasteiger partial charge >= 0.3 is 12.1 Å². The molecule has 0 saturated carbocycles. The fourth-order valence-electron chi connectivity index (χ4n) is 3.40. The van der Waals surface area contributed by atoms with Gasteiger partial charge in [0.05, 0.1) is 27.4 Å². The summed E-state index contributed by atoms with van der Waals surface area (Å²) in [5.74, 6) is -1.10. The van der Waals surface area contributed by atoms with Gasteiger partial charge in [0, 0.05) is 12.6 Å². The number of alkyl halides is 3. The van der Waals surface area contributed by atoms with E-state index in [1.807, 2.05) is 0 Å². The van der Waals surface area contributed by atoms with Crippen LogP contribution in [0, 0.1) is 0 Å². The highest BCUT2D eigenvalue weighted by Gasteiger charge is 2.34. The molecule has 0 unspecified atom stereocenters. The molecule has 3 rings (SSSR count). The van der Waals surface area contributed by atoms with Gasteiger partial charge in [0.15, 0.2) is 0 Å². The number of halogens is 3. The Kier molecular flexibility index (Phi) is 7.21. The third-order valence-corrected chi connectivity index (χ3v) is 7.02. The van der Waals surface area contributed by atoms with Gasteiger partial charge in [-0.1, -0.05) is 30.3 Å². The molecule has 0 amide bonds. The van der Waals surface area contributed by atoms with E-state index in [0.717, 1.165) is 22.5 Å². The van der Waals surface area contributed by atoms with Crippen LogP contribution in [0.25, 0.3) is 0 Å². The maximum absolute atomic E-state index is 13.4. The molecule has 0 saturated heterocycles. The van der Waals surface area contributed by atoms with Crippen molar-refractivity contribution in [3.8, 4) is 0 Å². The van der Waals surface area contributed by atoms with Gasteiger partial charge in [-0.15, -0.1) is 0 Å². The lowest BCUT2D eigenvalue weighted by atomic mass is 10.1. The second-order valence-corrected chi connectivity index (χ2v) is 9.61. The first-order valence-corrected chi connectivity index (χ1v) is 11.7. The highest BCUT2D eigenvalue weighted by atomic mass is 32.2. The molecule has 34 heavy (non-hydrogen) atoms. The molecule has 6 nitrogen and oxygen atoms in total. The third-order valence-electron chi connectivity index (χ3n) is 5.01. The van der Waals surface area contributed by atoms with Crippen molar-refractivity contribution in [3.63, 3.8) is 0 Å². The third kappa shape index (κ3) is 5.51. The number of nitrogens with one attached hydrogen (secondary N) is 1. The number of carboxylic acids is 1. The average molecular weight is 493 g/mol. The zero-order chi connectivity index (χ0) is 25.1. The van der Waals surface area contributed by atoms with Crippen molar-refractivity contribution in [2.45, 2.75) is 37.5 Å². The topological polar surface area (TPSA) is 86.7 Å².